The Labute approximate surface area is 192 Å². The van der Waals surface area contributed by atoms with Crippen molar-refractivity contribution in [3.8, 4) is 11.1 Å². The molecule has 1 aliphatic heterocycles. The molecule has 9 heteroatoms. The minimum atomic E-state index is -3.82. The molecule has 8 nitrogen and oxygen atoms in total. The summed E-state index contributed by atoms with van der Waals surface area (Å²) in [6, 6.07) is 13.5. The average Bonchev–Trinajstić information content (AvgIpc) is 3.70. The topological polar surface area (TPSA) is 138 Å². The van der Waals surface area contributed by atoms with Crippen molar-refractivity contribution in [2.75, 3.05) is 13.1 Å². The molecule has 2 saturated carbocycles. The molecule has 174 valence electrons. The van der Waals surface area contributed by atoms with E-state index in [1.54, 1.807) is 41.3 Å². The highest BCUT2D eigenvalue weighted by Gasteiger charge is 2.73. The van der Waals surface area contributed by atoms with Crippen LogP contribution in [0.2, 0.25) is 0 Å². The lowest BCUT2D eigenvalue weighted by atomic mass is 9.79. The molecular weight excluding hydrogens is 444 g/mol. The molecule has 3 fully saturated rings. The van der Waals surface area contributed by atoms with Gasteiger partial charge in [-0.1, -0.05) is 36.4 Å². The highest BCUT2D eigenvalue weighted by Crippen LogP contribution is 2.69. The van der Waals surface area contributed by atoms with Gasteiger partial charge in [-0.3, -0.25) is 9.59 Å². The number of amides is 1. The van der Waals surface area contributed by atoms with Crippen LogP contribution < -0.4 is 5.14 Å². The van der Waals surface area contributed by atoms with Crippen LogP contribution in [0, 0.1) is 5.41 Å². The molecule has 3 aliphatic rings. The normalized spacial score (nSPS) is 25.0. The van der Waals surface area contributed by atoms with Gasteiger partial charge in [0.1, 0.15) is 5.60 Å². The standard InChI is InChI=1S/C24H26N2O6S/c25-33(31,32)19-3-1-2-17(14-19)16-4-6-18(7-5-16)24(21(28)29)15-22(24)10-12-26(13-11-22)20(27)23(30)8-9-23/h1-7,14,30H,8-13,15H2,(H,28,29)(H2,25,31,32)/t24-/m0/s1. The Balaban J connectivity index is 1.37. The number of likely N-dealkylation sites (tertiary alicyclic amines) is 1. The van der Waals surface area contributed by atoms with Crippen LogP contribution >= 0.6 is 0 Å². The first kappa shape index (κ1) is 22.1. The first-order valence-corrected chi connectivity index (χ1v) is 12.5. The van der Waals surface area contributed by atoms with E-state index in [0.29, 0.717) is 56.3 Å². The minimum absolute atomic E-state index is 0.0180. The van der Waals surface area contributed by atoms with Crippen molar-refractivity contribution >= 4 is 21.9 Å². The average molecular weight is 471 g/mol. The summed E-state index contributed by atoms with van der Waals surface area (Å²) in [6.45, 7) is 0.906. The maximum atomic E-state index is 12.5. The van der Waals surface area contributed by atoms with Gasteiger partial charge in [0.25, 0.3) is 5.91 Å². The number of carbonyl (C=O) groups is 2. The summed E-state index contributed by atoms with van der Waals surface area (Å²) in [5.74, 6) is -1.10. The number of nitrogens with two attached hydrogens (primary N) is 1. The summed E-state index contributed by atoms with van der Waals surface area (Å²) in [7, 11) is -3.82. The van der Waals surface area contributed by atoms with E-state index in [4.69, 9.17) is 5.14 Å². The summed E-state index contributed by atoms with van der Waals surface area (Å²) in [5, 5.41) is 25.6. The molecule has 0 aromatic heterocycles. The first-order chi connectivity index (χ1) is 15.5. The molecule has 5 rings (SSSR count). The molecule has 2 aromatic rings. The molecule has 1 saturated heterocycles. The second kappa shape index (κ2) is 7.12. The Morgan fingerprint density at radius 1 is 0.939 bits per heavy atom. The van der Waals surface area contributed by atoms with Gasteiger partial charge in [-0.05, 0) is 66.3 Å². The Morgan fingerprint density at radius 2 is 1.58 bits per heavy atom. The lowest BCUT2D eigenvalue weighted by Crippen LogP contribution is -2.47. The fourth-order valence-corrected chi connectivity index (χ4v) is 6.02. The summed E-state index contributed by atoms with van der Waals surface area (Å²) < 4.78 is 23.3. The van der Waals surface area contributed by atoms with E-state index in [0.717, 1.165) is 5.56 Å². The predicted molar refractivity (Wildman–Crippen MR) is 120 cm³/mol. The van der Waals surface area contributed by atoms with Crippen LogP contribution in [0.3, 0.4) is 0 Å². The van der Waals surface area contributed by atoms with Crippen molar-refractivity contribution in [1.82, 2.24) is 4.90 Å². The van der Waals surface area contributed by atoms with Crippen LogP contribution in [0.25, 0.3) is 11.1 Å². The van der Waals surface area contributed by atoms with Gasteiger partial charge >= 0.3 is 5.97 Å². The number of hydrogen-bond acceptors (Lipinski definition) is 5. The van der Waals surface area contributed by atoms with Gasteiger partial charge in [0.15, 0.2) is 0 Å². The van der Waals surface area contributed by atoms with Gasteiger partial charge in [0.2, 0.25) is 10.0 Å². The molecule has 1 atom stereocenters. The first-order valence-electron chi connectivity index (χ1n) is 11.0. The number of carboxylic acids is 1. The van der Waals surface area contributed by atoms with E-state index in [-0.39, 0.29) is 10.8 Å². The van der Waals surface area contributed by atoms with Crippen LogP contribution in [-0.4, -0.2) is 54.1 Å². The quantitative estimate of drug-likeness (QED) is 0.610. The smallest absolute Gasteiger partial charge is 0.314 e. The maximum absolute atomic E-state index is 12.5. The highest BCUT2D eigenvalue weighted by atomic mass is 32.2. The third kappa shape index (κ3) is 3.46. The van der Waals surface area contributed by atoms with Gasteiger partial charge in [0.05, 0.1) is 10.3 Å². The van der Waals surface area contributed by atoms with E-state index >= 15 is 0 Å². The van der Waals surface area contributed by atoms with Crippen molar-refractivity contribution in [2.24, 2.45) is 10.6 Å². The molecule has 0 radical (unpaired) electrons. The van der Waals surface area contributed by atoms with Crippen molar-refractivity contribution in [1.29, 1.82) is 0 Å². The van der Waals surface area contributed by atoms with Gasteiger partial charge in [-0.15, -0.1) is 0 Å². The van der Waals surface area contributed by atoms with E-state index < -0.39 is 32.4 Å². The number of nitrogens with zero attached hydrogens (tertiary/aromatic N) is 1. The number of rotatable bonds is 5. The Bertz CT molecular complexity index is 1240. The molecular formula is C24H26N2O6S. The number of aliphatic carboxylic acids is 1. The van der Waals surface area contributed by atoms with Crippen LogP contribution in [0.5, 0.6) is 0 Å². The van der Waals surface area contributed by atoms with Crippen molar-refractivity contribution < 1.29 is 28.2 Å². The van der Waals surface area contributed by atoms with E-state index in [1.807, 2.05) is 0 Å². The lowest BCUT2D eigenvalue weighted by Gasteiger charge is -2.36. The Hall–Kier alpha value is -2.75. The third-order valence-corrected chi connectivity index (χ3v) is 8.66. The number of piperidine rings is 1. The van der Waals surface area contributed by atoms with Crippen LogP contribution in [-0.2, 0) is 25.0 Å². The second-order valence-corrected chi connectivity index (χ2v) is 11.2. The molecule has 4 N–H and O–H groups in total. The Kier molecular flexibility index (Phi) is 4.76. The zero-order valence-electron chi connectivity index (χ0n) is 18.0. The van der Waals surface area contributed by atoms with Crippen molar-refractivity contribution in [3.05, 3.63) is 54.1 Å². The second-order valence-electron chi connectivity index (χ2n) is 9.64. The molecule has 2 aliphatic carbocycles. The zero-order chi connectivity index (χ0) is 23.6. The molecule has 33 heavy (non-hydrogen) atoms. The fraction of sp³-hybridized carbons (Fsp3) is 0.417. The van der Waals surface area contributed by atoms with Crippen molar-refractivity contribution in [3.63, 3.8) is 0 Å². The molecule has 1 heterocycles. The van der Waals surface area contributed by atoms with Crippen LogP contribution in [0.15, 0.2) is 53.4 Å². The van der Waals surface area contributed by atoms with Crippen LogP contribution in [0.4, 0.5) is 0 Å². The van der Waals surface area contributed by atoms with E-state index in [9.17, 15) is 28.2 Å². The molecule has 0 bridgehead atoms. The number of carbonyl (C=O) groups excluding carboxylic acids is 1. The monoisotopic (exact) mass is 470 g/mol. The fourth-order valence-electron chi connectivity index (χ4n) is 5.47. The Morgan fingerprint density at radius 3 is 2.12 bits per heavy atom. The molecule has 0 unspecified atom stereocenters. The van der Waals surface area contributed by atoms with E-state index in [2.05, 4.69) is 0 Å². The number of sulfonamides is 1. The highest BCUT2D eigenvalue weighted by molar-refractivity contribution is 7.89. The lowest BCUT2D eigenvalue weighted by molar-refractivity contribution is -0.145. The molecule has 2 aromatic carbocycles. The predicted octanol–water partition coefficient (Wildman–Crippen LogP) is 1.86. The van der Waals surface area contributed by atoms with Gasteiger partial charge in [0, 0.05) is 13.1 Å². The number of primary sulfonamides is 1. The summed E-state index contributed by atoms with van der Waals surface area (Å²) in [5.41, 5.74) is -0.461. The number of benzene rings is 2. The van der Waals surface area contributed by atoms with Gasteiger partial charge in [-0.25, -0.2) is 13.6 Å². The number of hydrogen-bond donors (Lipinski definition) is 3. The summed E-state index contributed by atoms with van der Waals surface area (Å²) >= 11 is 0. The largest absolute Gasteiger partial charge is 0.481 e. The zero-order valence-corrected chi connectivity index (χ0v) is 18.8. The number of aliphatic hydroxyl groups is 1. The SMILES string of the molecule is NS(=O)(=O)c1cccc(-c2ccc([C@]3(C(=O)O)CC34CCN(C(=O)C3(O)CC3)CC4)cc2)c1. The third-order valence-electron chi connectivity index (χ3n) is 7.75. The maximum Gasteiger partial charge on any atom is 0.314 e. The van der Waals surface area contributed by atoms with Gasteiger partial charge < -0.3 is 15.1 Å². The molecule has 1 amide bonds. The van der Waals surface area contributed by atoms with Gasteiger partial charge in [-0.2, -0.15) is 0 Å². The van der Waals surface area contributed by atoms with E-state index in [1.165, 1.54) is 12.1 Å². The molecule has 1 spiro atoms. The number of carboxylic acid groups (broad SMARTS) is 1. The van der Waals surface area contributed by atoms with Crippen LogP contribution in [0.1, 0.15) is 37.7 Å². The summed E-state index contributed by atoms with van der Waals surface area (Å²) in [6.07, 6.45) is 2.68. The van der Waals surface area contributed by atoms with Crippen molar-refractivity contribution in [2.45, 2.75) is 48.0 Å². The minimum Gasteiger partial charge on any atom is -0.481 e. The summed E-state index contributed by atoms with van der Waals surface area (Å²) in [4.78, 5) is 26.6.